The van der Waals surface area contributed by atoms with Crippen LogP contribution in [0.1, 0.15) is 52.6 Å². The maximum atomic E-state index is 12.6. The summed E-state index contributed by atoms with van der Waals surface area (Å²) in [5.41, 5.74) is 1.82. The van der Waals surface area contributed by atoms with Crippen LogP contribution in [0.4, 0.5) is 0 Å². The minimum atomic E-state index is -0.516. The predicted octanol–water partition coefficient (Wildman–Crippen LogP) is 4.92. The van der Waals surface area contributed by atoms with Gasteiger partial charge in [-0.25, -0.2) is 9.59 Å². The molecule has 0 radical (unpaired) electrons. The van der Waals surface area contributed by atoms with Gasteiger partial charge in [0.05, 0.1) is 24.8 Å². The number of carbonyl (C=O) groups is 2. The van der Waals surface area contributed by atoms with Crippen molar-refractivity contribution in [1.29, 1.82) is 0 Å². The Balaban J connectivity index is 1.82. The number of aliphatic hydroxyl groups excluding tert-OH is 1. The first-order chi connectivity index (χ1) is 15.2. The zero-order valence-electron chi connectivity index (χ0n) is 18.5. The normalized spacial score (nSPS) is 11.0. The Labute approximate surface area is 187 Å². The number of ether oxygens (including phenoxy) is 3. The Bertz CT molecular complexity index is 1090. The summed E-state index contributed by atoms with van der Waals surface area (Å²) in [5.74, 6) is 0.374. The van der Waals surface area contributed by atoms with Crippen LogP contribution in [-0.4, -0.2) is 24.2 Å². The maximum Gasteiger partial charge on any atom is 0.343 e. The third-order valence-corrected chi connectivity index (χ3v) is 4.87. The molecule has 1 N–H and O–H groups in total. The smallest absolute Gasteiger partial charge is 0.343 e. The molecule has 3 aromatic carbocycles. The molecule has 0 spiro atoms. The quantitative estimate of drug-likeness (QED) is 0.438. The molecule has 0 unspecified atom stereocenters. The summed E-state index contributed by atoms with van der Waals surface area (Å²) in [4.78, 5) is 25.1. The van der Waals surface area contributed by atoms with E-state index in [2.05, 4.69) is 0 Å². The Morgan fingerprint density at radius 2 is 1.31 bits per heavy atom. The lowest BCUT2D eigenvalue weighted by Crippen LogP contribution is -2.17. The molecular formula is C26H26O6. The molecule has 6 nitrogen and oxygen atoms in total. The second-order valence-electron chi connectivity index (χ2n) is 8.27. The number of esters is 2. The maximum absolute atomic E-state index is 12.6. The van der Waals surface area contributed by atoms with Crippen LogP contribution in [0, 0.1) is 0 Å². The van der Waals surface area contributed by atoms with Crippen LogP contribution in [0.5, 0.6) is 17.2 Å². The molecule has 0 amide bonds. The molecule has 32 heavy (non-hydrogen) atoms. The van der Waals surface area contributed by atoms with Crippen molar-refractivity contribution in [2.24, 2.45) is 0 Å². The molecule has 0 bridgehead atoms. The van der Waals surface area contributed by atoms with E-state index in [0.29, 0.717) is 33.9 Å². The third kappa shape index (κ3) is 5.53. The second-order valence-corrected chi connectivity index (χ2v) is 8.27. The average molecular weight is 434 g/mol. The number of methoxy groups -OCH3 is 1. The summed E-state index contributed by atoms with van der Waals surface area (Å²) in [6, 6.07) is 18.1. The molecule has 0 aromatic heterocycles. The Morgan fingerprint density at radius 3 is 1.84 bits per heavy atom. The van der Waals surface area contributed by atoms with Crippen molar-refractivity contribution < 1.29 is 28.9 Å². The molecule has 0 heterocycles. The van der Waals surface area contributed by atoms with Crippen molar-refractivity contribution in [2.75, 3.05) is 7.11 Å². The molecule has 6 heteroatoms. The van der Waals surface area contributed by atoms with E-state index < -0.39 is 11.9 Å². The standard InChI is InChI=1S/C26H26O6/c1-26(2,3)22-15-21(31-24(28)18-7-5-17(16-27)6-8-18)13-14-23(22)32-25(29)19-9-11-20(30-4)12-10-19/h5-15,27H,16H2,1-4H3. The van der Waals surface area contributed by atoms with Gasteiger partial charge in [0.2, 0.25) is 0 Å². The fraction of sp³-hybridized carbons (Fsp3) is 0.231. The molecule has 3 rings (SSSR count). The largest absolute Gasteiger partial charge is 0.497 e. The van der Waals surface area contributed by atoms with E-state index >= 15 is 0 Å². The molecule has 0 aliphatic carbocycles. The summed E-state index contributed by atoms with van der Waals surface area (Å²) < 4.78 is 16.3. The lowest BCUT2D eigenvalue weighted by Gasteiger charge is -2.23. The highest BCUT2D eigenvalue weighted by atomic mass is 16.5. The van der Waals surface area contributed by atoms with Gasteiger partial charge in [-0.05, 0) is 65.6 Å². The van der Waals surface area contributed by atoms with Crippen molar-refractivity contribution in [3.8, 4) is 17.2 Å². The number of carbonyl (C=O) groups excluding carboxylic acids is 2. The molecule has 0 saturated carbocycles. The van der Waals surface area contributed by atoms with E-state index in [1.54, 1.807) is 73.8 Å². The van der Waals surface area contributed by atoms with Gasteiger partial charge in [0.15, 0.2) is 0 Å². The molecule has 0 aliphatic heterocycles. The van der Waals surface area contributed by atoms with Gasteiger partial charge in [-0.15, -0.1) is 0 Å². The van der Waals surface area contributed by atoms with Gasteiger partial charge in [-0.1, -0.05) is 32.9 Å². The van der Waals surface area contributed by atoms with E-state index in [-0.39, 0.29) is 12.0 Å². The summed E-state index contributed by atoms with van der Waals surface area (Å²) in [6.07, 6.45) is 0. The van der Waals surface area contributed by atoms with E-state index in [1.165, 1.54) is 0 Å². The number of hydrogen-bond donors (Lipinski definition) is 1. The summed E-state index contributed by atoms with van der Waals surface area (Å²) in [5, 5.41) is 9.14. The fourth-order valence-electron chi connectivity index (χ4n) is 3.05. The van der Waals surface area contributed by atoms with E-state index in [0.717, 1.165) is 5.56 Å². The van der Waals surface area contributed by atoms with Gasteiger partial charge in [0, 0.05) is 5.56 Å². The van der Waals surface area contributed by atoms with Crippen molar-refractivity contribution in [1.82, 2.24) is 0 Å². The summed E-state index contributed by atoms with van der Waals surface area (Å²) in [6.45, 7) is 5.84. The molecule has 0 aliphatic rings. The zero-order chi connectivity index (χ0) is 23.3. The van der Waals surface area contributed by atoms with E-state index in [1.807, 2.05) is 20.8 Å². The highest BCUT2D eigenvalue weighted by Gasteiger charge is 2.23. The Morgan fingerprint density at radius 1 is 0.781 bits per heavy atom. The van der Waals surface area contributed by atoms with Crippen LogP contribution in [0.25, 0.3) is 0 Å². The van der Waals surface area contributed by atoms with Crippen LogP contribution >= 0.6 is 0 Å². The van der Waals surface area contributed by atoms with Crippen molar-refractivity contribution in [3.05, 3.63) is 89.0 Å². The first-order valence-corrected chi connectivity index (χ1v) is 10.1. The number of aliphatic hydroxyl groups is 1. The fourth-order valence-corrected chi connectivity index (χ4v) is 3.05. The van der Waals surface area contributed by atoms with Crippen molar-refractivity contribution in [3.63, 3.8) is 0 Å². The molecule has 166 valence electrons. The van der Waals surface area contributed by atoms with Gasteiger partial charge in [-0.3, -0.25) is 0 Å². The van der Waals surface area contributed by atoms with Crippen molar-refractivity contribution in [2.45, 2.75) is 32.8 Å². The van der Waals surface area contributed by atoms with Crippen LogP contribution in [-0.2, 0) is 12.0 Å². The Kier molecular flexibility index (Phi) is 6.95. The predicted molar refractivity (Wildman–Crippen MR) is 120 cm³/mol. The molecule has 3 aromatic rings. The van der Waals surface area contributed by atoms with Crippen LogP contribution in [0.3, 0.4) is 0 Å². The van der Waals surface area contributed by atoms with Crippen LogP contribution in [0.15, 0.2) is 66.7 Å². The molecule has 0 atom stereocenters. The van der Waals surface area contributed by atoms with Gasteiger partial charge in [-0.2, -0.15) is 0 Å². The highest BCUT2D eigenvalue weighted by Crippen LogP contribution is 2.35. The number of rotatable bonds is 6. The van der Waals surface area contributed by atoms with Crippen molar-refractivity contribution >= 4 is 11.9 Å². The highest BCUT2D eigenvalue weighted by molar-refractivity contribution is 5.92. The number of benzene rings is 3. The molecule has 0 fully saturated rings. The SMILES string of the molecule is COc1ccc(C(=O)Oc2ccc(OC(=O)c3ccc(CO)cc3)cc2C(C)(C)C)cc1. The monoisotopic (exact) mass is 434 g/mol. The minimum absolute atomic E-state index is 0.0963. The zero-order valence-corrected chi connectivity index (χ0v) is 18.5. The lowest BCUT2D eigenvalue weighted by atomic mass is 9.86. The molecule has 0 saturated heterocycles. The first kappa shape index (κ1) is 23.0. The average Bonchev–Trinajstić information content (AvgIpc) is 2.79. The van der Waals surface area contributed by atoms with Crippen LogP contribution in [0.2, 0.25) is 0 Å². The minimum Gasteiger partial charge on any atom is -0.497 e. The number of hydrogen-bond acceptors (Lipinski definition) is 6. The topological polar surface area (TPSA) is 82.1 Å². The molecular weight excluding hydrogens is 408 g/mol. The lowest BCUT2D eigenvalue weighted by molar-refractivity contribution is 0.0716. The third-order valence-electron chi connectivity index (χ3n) is 4.87. The van der Waals surface area contributed by atoms with Gasteiger partial charge in [0.25, 0.3) is 0 Å². The Hall–Kier alpha value is -3.64. The van der Waals surface area contributed by atoms with E-state index in [9.17, 15) is 9.59 Å². The van der Waals surface area contributed by atoms with Gasteiger partial charge in [0.1, 0.15) is 17.2 Å². The van der Waals surface area contributed by atoms with E-state index in [4.69, 9.17) is 19.3 Å². The van der Waals surface area contributed by atoms with Gasteiger partial charge >= 0.3 is 11.9 Å². The second kappa shape index (κ2) is 9.66. The summed E-state index contributed by atoms with van der Waals surface area (Å²) >= 11 is 0. The summed E-state index contributed by atoms with van der Waals surface area (Å²) in [7, 11) is 1.56. The first-order valence-electron chi connectivity index (χ1n) is 10.1. The van der Waals surface area contributed by atoms with Crippen LogP contribution < -0.4 is 14.2 Å². The van der Waals surface area contributed by atoms with Gasteiger partial charge < -0.3 is 19.3 Å².